The van der Waals surface area contributed by atoms with Crippen LogP contribution in [0, 0.1) is 0 Å². The number of ether oxygens (including phenoxy) is 1. The van der Waals surface area contributed by atoms with Crippen molar-refractivity contribution in [2.24, 2.45) is 0 Å². The van der Waals surface area contributed by atoms with Crippen LogP contribution in [0.5, 0.6) is 0 Å². The Bertz CT molecular complexity index is 575. The highest BCUT2D eigenvalue weighted by Crippen LogP contribution is 2.19. The molecule has 2 rings (SSSR count). The predicted molar refractivity (Wildman–Crippen MR) is 81.6 cm³/mol. The molecule has 1 fully saturated rings. The summed E-state index contributed by atoms with van der Waals surface area (Å²) in [5.41, 5.74) is 0.802. The highest BCUT2D eigenvalue weighted by Gasteiger charge is 2.33. The number of rotatable bonds is 5. The zero-order chi connectivity index (χ0) is 16.8. The molecule has 23 heavy (non-hydrogen) atoms. The second-order valence-electron chi connectivity index (χ2n) is 5.38. The maximum Gasteiger partial charge on any atom is 0.328 e. The van der Waals surface area contributed by atoms with Gasteiger partial charge in [0.05, 0.1) is 25.7 Å². The highest BCUT2D eigenvalue weighted by molar-refractivity contribution is 5.85. The smallest absolute Gasteiger partial charge is 0.328 e. The first-order valence-electron chi connectivity index (χ1n) is 7.41. The maximum absolute atomic E-state index is 12.5. The van der Waals surface area contributed by atoms with Gasteiger partial charge in [-0.05, 0) is 5.56 Å². The van der Waals surface area contributed by atoms with Gasteiger partial charge in [0.2, 0.25) is 11.8 Å². The number of amides is 2. The molecule has 7 nitrogen and oxygen atoms in total. The van der Waals surface area contributed by atoms with Crippen LogP contribution in [0.3, 0.4) is 0 Å². The summed E-state index contributed by atoms with van der Waals surface area (Å²) >= 11 is 0. The minimum absolute atomic E-state index is 0.00731. The Morgan fingerprint density at radius 3 is 2.65 bits per heavy atom. The number of morpholine rings is 1. The van der Waals surface area contributed by atoms with Gasteiger partial charge in [0.1, 0.15) is 0 Å². The minimum Gasteiger partial charge on any atom is -0.480 e. The lowest BCUT2D eigenvalue weighted by atomic mass is 10.0. The predicted octanol–water partition coefficient (Wildman–Crippen LogP) is 0.566. The van der Waals surface area contributed by atoms with E-state index in [-0.39, 0.29) is 31.4 Å². The molecule has 1 aliphatic heterocycles. The van der Waals surface area contributed by atoms with Crippen LogP contribution in [0.4, 0.5) is 0 Å². The molecule has 0 saturated carbocycles. The van der Waals surface area contributed by atoms with E-state index >= 15 is 0 Å². The van der Waals surface area contributed by atoms with Crippen LogP contribution in [-0.2, 0) is 19.1 Å². The Balaban J connectivity index is 2.13. The minimum atomic E-state index is -1.09. The SMILES string of the molecule is CC(=O)N[C@H](CC(=O)N1CCOC[C@@H]1C(=O)O)c1ccccc1. The molecule has 2 N–H and O–H groups in total. The molecule has 2 atom stereocenters. The fourth-order valence-electron chi connectivity index (χ4n) is 2.58. The molecular formula is C16H20N2O5. The largest absolute Gasteiger partial charge is 0.480 e. The number of nitrogens with one attached hydrogen (secondary N) is 1. The lowest BCUT2D eigenvalue weighted by Crippen LogP contribution is -2.53. The van der Waals surface area contributed by atoms with Gasteiger partial charge in [-0.3, -0.25) is 9.59 Å². The quantitative estimate of drug-likeness (QED) is 0.827. The summed E-state index contributed by atoms with van der Waals surface area (Å²) in [6, 6.07) is 7.67. The second-order valence-corrected chi connectivity index (χ2v) is 5.38. The molecule has 1 heterocycles. The molecule has 0 spiro atoms. The molecule has 0 aromatic heterocycles. The number of hydrogen-bond acceptors (Lipinski definition) is 4. The number of nitrogens with zero attached hydrogens (tertiary/aromatic N) is 1. The summed E-state index contributed by atoms with van der Waals surface area (Å²) in [4.78, 5) is 36.5. The molecule has 0 radical (unpaired) electrons. The molecule has 1 saturated heterocycles. The first-order chi connectivity index (χ1) is 11.0. The first-order valence-corrected chi connectivity index (χ1v) is 7.41. The van der Waals surface area contributed by atoms with Crippen LogP contribution in [0.1, 0.15) is 24.9 Å². The van der Waals surface area contributed by atoms with Crippen LogP contribution in [0.2, 0.25) is 0 Å². The topological polar surface area (TPSA) is 95.9 Å². The monoisotopic (exact) mass is 320 g/mol. The number of carbonyl (C=O) groups is 3. The Hall–Kier alpha value is -2.41. The van der Waals surface area contributed by atoms with E-state index in [1.54, 1.807) is 0 Å². The second kappa shape index (κ2) is 7.73. The van der Waals surface area contributed by atoms with E-state index in [1.807, 2.05) is 30.3 Å². The zero-order valence-electron chi connectivity index (χ0n) is 12.9. The van der Waals surface area contributed by atoms with Gasteiger partial charge < -0.3 is 20.1 Å². The third-order valence-electron chi connectivity index (χ3n) is 3.69. The van der Waals surface area contributed by atoms with E-state index in [0.717, 1.165) is 5.56 Å². The third kappa shape index (κ3) is 4.53. The fourth-order valence-corrected chi connectivity index (χ4v) is 2.58. The Morgan fingerprint density at radius 1 is 1.35 bits per heavy atom. The summed E-state index contributed by atoms with van der Waals surface area (Å²) in [7, 11) is 0. The average molecular weight is 320 g/mol. The van der Waals surface area contributed by atoms with Crippen molar-refractivity contribution in [3.05, 3.63) is 35.9 Å². The molecular weight excluding hydrogens is 300 g/mol. The van der Waals surface area contributed by atoms with Crippen LogP contribution in [0.25, 0.3) is 0 Å². The van der Waals surface area contributed by atoms with E-state index in [1.165, 1.54) is 11.8 Å². The Kier molecular flexibility index (Phi) is 5.70. The lowest BCUT2D eigenvalue weighted by Gasteiger charge is -2.34. The number of carboxylic acids is 1. The molecule has 1 aliphatic rings. The van der Waals surface area contributed by atoms with Gasteiger partial charge >= 0.3 is 5.97 Å². The van der Waals surface area contributed by atoms with Gasteiger partial charge in [-0.15, -0.1) is 0 Å². The molecule has 0 unspecified atom stereocenters. The van der Waals surface area contributed by atoms with Crippen molar-refractivity contribution >= 4 is 17.8 Å². The maximum atomic E-state index is 12.5. The van der Waals surface area contributed by atoms with Crippen molar-refractivity contribution in [3.8, 4) is 0 Å². The van der Waals surface area contributed by atoms with Crippen molar-refractivity contribution in [2.75, 3.05) is 19.8 Å². The van der Waals surface area contributed by atoms with E-state index in [0.29, 0.717) is 6.61 Å². The number of carbonyl (C=O) groups excluding carboxylic acids is 2. The van der Waals surface area contributed by atoms with Crippen molar-refractivity contribution in [2.45, 2.75) is 25.4 Å². The molecule has 2 amide bonds. The van der Waals surface area contributed by atoms with Crippen molar-refractivity contribution in [3.63, 3.8) is 0 Å². The van der Waals surface area contributed by atoms with Gasteiger partial charge in [0.15, 0.2) is 6.04 Å². The van der Waals surface area contributed by atoms with E-state index in [4.69, 9.17) is 4.74 Å². The van der Waals surface area contributed by atoms with Crippen molar-refractivity contribution in [1.29, 1.82) is 0 Å². The summed E-state index contributed by atoms with van der Waals surface area (Å²) in [6.45, 7) is 1.91. The van der Waals surface area contributed by atoms with E-state index < -0.39 is 18.1 Å². The average Bonchev–Trinajstić information content (AvgIpc) is 2.54. The molecule has 0 aliphatic carbocycles. The van der Waals surface area contributed by atoms with E-state index in [2.05, 4.69) is 5.32 Å². The van der Waals surface area contributed by atoms with Crippen molar-refractivity contribution in [1.82, 2.24) is 10.2 Å². The number of benzene rings is 1. The Morgan fingerprint density at radius 2 is 2.04 bits per heavy atom. The molecule has 124 valence electrons. The van der Waals surface area contributed by atoms with Gasteiger partial charge in [0.25, 0.3) is 0 Å². The van der Waals surface area contributed by atoms with Crippen molar-refractivity contribution < 1.29 is 24.2 Å². The summed E-state index contributed by atoms with van der Waals surface area (Å²) in [5.74, 6) is -1.65. The van der Waals surface area contributed by atoms with Gasteiger partial charge in [-0.2, -0.15) is 0 Å². The molecule has 7 heteroatoms. The van der Waals surface area contributed by atoms with Crippen LogP contribution < -0.4 is 5.32 Å². The molecule has 0 bridgehead atoms. The van der Waals surface area contributed by atoms with Gasteiger partial charge in [-0.1, -0.05) is 30.3 Å². The Labute approximate surface area is 134 Å². The lowest BCUT2D eigenvalue weighted by molar-refractivity contribution is -0.158. The summed E-state index contributed by atoms with van der Waals surface area (Å²) < 4.78 is 5.13. The van der Waals surface area contributed by atoms with Crippen LogP contribution in [0.15, 0.2) is 30.3 Å². The standard InChI is InChI=1S/C16H20N2O5/c1-11(19)17-13(12-5-3-2-4-6-12)9-15(20)18-7-8-23-10-14(18)16(21)22/h2-6,13-14H,7-10H2,1H3,(H,17,19)(H,21,22)/t13-,14-/m1/s1. The fraction of sp³-hybridized carbons (Fsp3) is 0.438. The normalized spacial score (nSPS) is 19.0. The summed E-state index contributed by atoms with van der Waals surface area (Å²) in [6.07, 6.45) is 0.00731. The molecule has 1 aromatic carbocycles. The van der Waals surface area contributed by atoms with Gasteiger partial charge in [-0.25, -0.2) is 4.79 Å². The zero-order valence-corrected chi connectivity index (χ0v) is 12.9. The first kappa shape index (κ1) is 17.0. The third-order valence-corrected chi connectivity index (χ3v) is 3.69. The van der Waals surface area contributed by atoms with Gasteiger partial charge in [0, 0.05) is 13.5 Å². The number of carboxylic acid groups (broad SMARTS) is 1. The van der Waals surface area contributed by atoms with E-state index in [9.17, 15) is 19.5 Å². The highest BCUT2D eigenvalue weighted by atomic mass is 16.5. The summed E-state index contributed by atoms with van der Waals surface area (Å²) in [5, 5.41) is 12.0. The number of aliphatic carboxylic acids is 1. The number of hydrogen-bond donors (Lipinski definition) is 2. The van der Waals surface area contributed by atoms with Crippen LogP contribution >= 0.6 is 0 Å². The van der Waals surface area contributed by atoms with Crippen LogP contribution in [-0.4, -0.2) is 53.6 Å². The molecule has 1 aromatic rings.